The highest BCUT2D eigenvalue weighted by molar-refractivity contribution is 6.07. The van der Waals surface area contributed by atoms with Crippen molar-refractivity contribution in [3.8, 4) is 0 Å². The third-order valence-corrected chi connectivity index (χ3v) is 6.69. The van der Waals surface area contributed by atoms with Gasteiger partial charge in [0.1, 0.15) is 11.7 Å². The van der Waals surface area contributed by atoms with E-state index in [1.807, 2.05) is 0 Å². The smallest absolute Gasteiger partial charge is 0.383 e. The number of alkyl halides is 3. The first-order valence-electron chi connectivity index (χ1n) is 11.5. The normalized spacial score (nSPS) is 21.1. The van der Waals surface area contributed by atoms with E-state index in [1.54, 1.807) is 12.1 Å². The average Bonchev–Trinajstić information content (AvgIpc) is 3.35. The molecule has 5 rings (SSSR count). The van der Waals surface area contributed by atoms with E-state index in [0.29, 0.717) is 22.4 Å². The molecule has 3 aliphatic heterocycles. The van der Waals surface area contributed by atoms with Gasteiger partial charge >= 0.3 is 12.2 Å². The Labute approximate surface area is 208 Å². The molecular weight excluding hydrogens is 495 g/mol. The van der Waals surface area contributed by atoms with Crippen LogP contribution in [-0.4, -0.2) is 59.4 Å². The van der Waals surface area contributed by atoms with Crippen LogP contribution in [0, 0.1) is 0 Å². The summed E-state index contributed by atoms with van der Waals surface area (Å²) in [5.74, 6) is -1.25. The van der Waals surface area contributed by atoms with Gasteiger partial charge in [0.2, 0.25) is 11.8 Å². The molecule has 0 radical (unpaired) electrons. The number of urea groups is 1. The number of anilines is 2. The number of imide groups is 1. The van der Waals surface area contributed by atoms with Crippen LogP contribution in [0.25, 0.3) is 0 Å². The fourth-order valence-electron chi connectivity index (χ4n) is 5.00. The number of carbonyl (C=O) groups excluding carboxylic acids is 4. The van der Waals surface area contributed by atoms with Gasteiger partial charge in [0.25, 0.3) is 5.91 Å². The first-order chi connectivity index (χ1) is 17.6. The molecule has 1 aromatic carbocycles. The zero-order valence-electron chi connectivity index (χ0n) is 19.6. The van der Waals surface area contributed by atoms with Crippen molar-refractivity contribution >= 4 is 35.1 Å². The van der Waals surface area contributed by atoms with E-state index < -0.39 is 35.9 Å². The highest BCUT2D eigenvalue weighted by Crippen LogP contribution is 2.37. The maximum absolute atomic E-state index is 13.2. The summed E-state index contributed by atoms with van der Waals surface area (Å²) in [4.78, 5) is 56.0. The third kappa shape index (κ3) is 4.50. The summed E-state index contributed by atoms with van der Waals surface area (Å²) in [6.07, 6.45) is -3.04. The quantitative estimate of drug-likeness (QED) is 0.602. The van der Waals surface area contributed by atoms with E-state index in [0.717, 1.165) is 12.3 Å². The maximum Gasteiger partial charge on any atom is 0.433 e. The fourth-order valence-corrected chi connectivity index (χ4v) is 5.00. The van der Waals surface area contributed by atoms with Gasteiger partial charge in [-0.1, -0.05) is 0 Å². The van der Waals surface area contributed by atoms with Gasteiger partial charge in [0.15, 0.2) is 0 Å². The number of halogens is 3. The van der Waals surface area contributed by atoms with Crippen molar-refractivity contribution in [2.45, 2.75) is 44.1 Å². The highest BCUT2D eigenvalue weighted by Gasteiger charge is 2.40. The Hall–Kier alpha value is -4.00. The zero-order chi connectivity index (χ0) is 26.5. The molecule has 3 aliphatic rings. The molecule has 0 saturated carbocycles. The molecule has 0 aliphatic carbocycles. The number of rotatable bonds is 4. The molecule has 2 N–H and O–H groups in total. The van der Waals surface area contributed by atoms with Crippen LogP contribution in [0.5, 0.6) is 0 Å². The Kier molecular flexibility index (Phi) is 6.10. The second-order valence-corrected chi connectivity index (χ2v) is 9.08. The van der Waals surface area contributed by atoms with Gasteiger partial charge in [-0.3, -0.25) is 24.6 Å². The standard InChI is InChI=1S/C24H22F3N5O5/c1-37-11-15-7-12-8-19(24(25,26)27)28-9-18(12)32(15)23(36)29-14-2-3-16-13(6-14)10-31(22(16)35)17-4-5-20(33)30-21(17)34/h2-3,6,8-9,15,17H,4-5,7,10-11H2,1H3,(H,29,36)(H,30,33,34). The van der Waals surface area contributed by atoms with Crippen LogP contribution < -0.4 is 15.5 Å². The summed E-state index contributed by atoms with van der Waals surface area (Å²) >= 11 is 0. The second kappa shape index (κ2) is 9.14. The molecule has 1 saturated heterocycles. The van der Waals surface area contributed by atoms with Crippen LogP contribution in [0.2, 0.25) is 0 Å². The number of benzene rings is 1. The van der Waals surface area contributed by atoms with Crippen molar-refractivity contribution in [3.63, 3.8) is 0 Å². The number of methoxy groups -OCH3 is 1. The molecule has 2 atom stereocenters. The molecule has 0 bridgehead atoms. The van der Waals surface area contributed by atoms with E-state index in [4.69, 9.17) is 4.74 Å². The Balaban J connectivity index is 1.35. The molecule has 1 fully saturated rings. The van der Waals surface area contributed by atoms with Gasteiger partial charge < -0.3 is 15.0 Å². The lowest BCUT2D eigenvalue weighted by Crippen LogP contribution is -2.52. The Morgan fingerprint density at radius 2 is 2.00 bits per heavy atom. The molecule has 5 amide bonds. The highest BCUT2D eigenvalue weighted by atomic mass is 19.4. The third-order valence-electron chi connectivity index (χ3n) is 6.69. The van der Waals surface area contributed by atoms with Gasteiger partial charge in [-0.15, -0.1) is 0 Å². The van der Waals surface area contributed by atoms with Gasteiger partial charge in [0, 0.05) is 31.3 Å². The molecule has 1 aromatic heterocycles. The van der Waals surface area contributed by atoms with E-state index in [2.05, 4.69) is 15.6 Å². The summed E-state index contributed by atoms with van der Waals surface area (Å²) in [6.45, 7) is 0.232. The number of carbonyl (C=O) groups is 4. The van der Waals surface area contributed by atoms with Gasteiger partial charge in [-0.25, -0.2) is 9.78 Å². The predicted molar refractivity (Wildman–Crippen MR) is 123 cm³/mol. The van der Waals surface area contributed by atoms with Gasteiger partial charge in [-0.2, -0.15) is 13.2 Å². The van der Waals surface area contributed by atoms with Crippen molar-refractivity contribution in [1.29, 1.82) is 0 Å². The summed E-state index contributed by atoms with van der Waals surface area (Å²) in [5, 5.41) is 4.98. The molecule has 0 spiro atoms. The first kappa shape index (κ1) is 24.7. The van der Waals surface area contributed by atoms with Crippen molar-refractivity contribution in [1.82, 2.24) is 15.2 Å². The van der Waals surface area contributed by atoms with Crippen molar-refractivity contribution < 1.29 is 37.1 Å². The first-order valence-corrected chi connectivity index (χ1v) is 11.5. The lowest BCUT2D eigenvalue weighted by molar-refractivity contribution is -0.141. The molecule has 4 heterocycles. The Morgan fingerprint density at radius 1 is 1.22 bits per heavy atom. The zero-order valence-corrected chi connectivity index (χ0v) is 19.6. The van der Waals surface area contributed by atoms with Crippen LogP contribution >= 0.6 is 0 Å². The van der Waals surface area contributed by atoms with Crippen LogP contribution in [0.4, 0.5) is 29.3 Å². The number of nitrogens with zero attached hydrogens (tertiary/aromatic N) is 3. The van der Waals surface area contributed by atoms with Crippen LogP contribution in [0.1, 0.15) is 40.0 Å². The van der Waals surface area contributed by atoms with Gasteiger partial charge in [0.05, 0.1) is 24.5 Å². The summed E-state index contributed by atoms with van der Waals surface area (Å²) in [7, 11) is 1.43. The number of fused-ring (bicyclic) bond motifs is 2. The van der Waals surface area contributed by atoms with E-state index in [9.17, 15) is 32.3 Å². The average molecular weight is 517 g/mol. The molecule has 37 heavy (non-hydrogen) atoms. The number of ether oxygens (including phenoxy) is 1. The number of hydrogen-bond donors (Lipinski definition) is 2. The number of hydrogen-bond acceptors (Lipinski definition) is 6. The van der Waals surface area contributed by atoms with Crippen molar-refractivity contribution in [2.24, 2.45) is 0 Å². The summed E-state index contributed by atoms with van der Waals surface area (Å²) in [5.41, 5.74) is 0.904. The maximum atomic E-state index is 13.2. The minimum Gasteiger partial charge on any atom is -0.383 e. The van der Waals surface area contributed by atoms with Crippen molar-refractivity contribution in [2.75, 3.05) is 23.9 Å². The molecule has 13 heteroatoms. The fraction of sp³-hybridized carbons (Fsp3) is 0.375. The number of nitrogens with one attached hydrogen (secondary N) is 2. The number of pyridine rings is 1. The largest absolute Gasteiger partial charge is 0.433 e. The molecular formula is C24H22F3N5O5. The molecule has 10 nitrogen and oxygen atoms in total. The summed E-state index contributed by atoms with van der Waals surface area (Å²) < 4.78 is 44.5. The van der Waals surface area contributed by atoms with Crippen molar-refractivity contribution in [3.05, 3.63) is 52.8 Å². The second-order valence-electron chi connectivity index (χ2n) is 9.08. The molecule has 2 unspecified atom stereocenters. The van der Waals surface area contributed by atoms with Gasteiger partial charge in [-0.05, 0) is 48.2 Å². The monoisotopic (exact) mass is 517 g/mol. The Bertz CT molecular complexity index is 1310. The van der Waals surface area contributed by atoms with E-state index in [1.165, 1.54) is 23.0 Å². The topological polar surface area (TPSA) is 121 Å². The predicted octanol–water partition coefficient (Wildman–Crippen LogP) is 2.47. The SMILES string of the molecule is COCC1Cc2cc(C(F)(F)F)ncc2N1C(=O)Nc1ccc2c(c1)CN(C1CCC(=O)NC1=O)C2=O. The molecule has 194 valence electrons. The summed E-state index contributed by atoms with van der Waals surface area (Å²) in [6, 6.07) is 3.75. The van der Waals surface area contributed by atoms with E-state index >= 15 is 0 Å². The Morgan fingerprint density at radius 3 is 2.70 bits per heavy atom. The van der Waals surface area contributed by atoms with Crippen LogP contribution in [0.3, 0.4) is 0 Å². The number of aromatic nitrogens is 1. The van der Waals surface area contributed by atoms with Crippen LogP contribution in [0.15, 0.2) is 30.5 Å². The molecule has 2 aromatic rings. The van der Waals surface area contributed by atoms with Crippen LogP contribution in [-0.2, 0) is 33.5 Å². The lowest BCUT2D eigenvalue weighted by Gasteiger charge is -2.29. The number of amides is 5. The minimum absolute atomic E-state index is 0.100. The number of piperidine rings is 1. The lowest BCUT2D eigenvalue weighted by atomic mass is 10.0. The van der Waals surface area contributed by atoms with E-state index in [-0.39, 0.29) is 49.9 Å². The minimum atomic E-state index is -4.61.